The van der Waals surface area contributed by atoms with Crippen LogP contribution in [-0.2, 0) is 21.3 Å². The van der Waals surface area contributed by atoms with Gasteiger partial charge in [0.1, 0.15) is 4.90 Å². The Bertz CT molecular complexity index is 578. The number of thiophene rings is 1. The fraction of sp³-hybridized carbons (Fsp3) is 0.667. The molecule has 1 atom stereocenters. The molecule has 3 rings (SSSR count). The summed E-state index contributed by atoms with van der Waals surface area (Å²) in [5.74, 6) is 0. The number of halogens is 1. The van der Waals surface area contributed by atoms with Gasteiger partial charge in [-0.25, -0.2) is 13.1 Å². The normalized spacial score (nSPS) is 23.4. The van der Waals surface area contributed by atoms with Crippen LogP contribution in [0.25, 0.3) is 0 Å². The molecule has 0 amide bonds. The van der Waals surface area contributed by atoms with Gasteiger partial charge in [-0.3, -0.25) is 0 Å². The van der Waals surface area contributed by atoms with Crippen LogP contribution in [0, 0.1) is 0 Å². The van der Waals surface area contributed by atoms with Crippen molar-refractivity contribution < 1.29 is 13.2 Å². The number of hydrogen-bond donors (Lipinski definition) is 2. The fourth-order valence-electron chi connectivity index (χ4n) is 2.11. The highest BCUT2D eigenvalue weighted by molar-refractivity contribution is 9.11. The molecule has 1 aromatic rings. The highest BCUT2D eigenvalue weighted by atomic mass is 79.9. The van der Waals surface area contributed by atoms with Gasteiger partial charge in [0.05, 0.1) is 10.4 Å². The number of sulfonamides is 1. The smallest absolute Gasteiger partial charge is 0.242 e. The SMILES string of the molecule is O=S(=O)(NC1CCOC1)c1cc(CNC2CC2)sc1Br. The predicted octanol–water partition coefficient (Wildman–Crippen LogP) is 1.83. The van der Waals surface area contributed by atoms with E-state index in [1.54, 1.807) is 6.07 Å². The lowest BCUT2D eigenvalue weighted by Gasteiger charge is -2.10. The van der Waals surface area contributed by atoms with Crippen LogP contribution < -0.4 is 10.0 Å². The Morgan fingerprint density at radius 2 is 2.15 bits per heavy atom. The molecule has 2 fully saturated rings. The summed E-state index contributed by atoms with van der Waals surface area (Å²) in [6.07, 6.45) is 3.18. The second kappa shape index (κ2) is 6.02. The molecular weight excluding hydrogens is 364 g/mol. The first kappa shape index (κ1) is 14.9. The number of ether oxygens (including phenoxy) is 1. The van der Waals surface area contributed by atoms with Crippen molar-refractivity contribution in [2.24, 2.45) is 0 Å². The Kier molecular flexibility index (Phi) is 4.49. The van der Waals surface area contributed by atoms with Gasteiger partial charge >= 0.3 is 0 Å². The molecule has 1 saturated carbocycles. The third kappa shape index (κ3) is 3.61. The molecular formula is C12H17BrN2O3S2. The van der Waals surface area contributed by atoms with E-state index in [0.29, 0.717) is 27.9 Å². The summed E-state index contributed by atoms with van der Waals surface area (Å²) >= 11 is 4.84. The third-order valence-corrected chi connectivity index (χ3v) is 7.16. The van der Waals surface area contributed by atoms with Gasteiger partial charge in [-0.05, 0) is 41.3 Å². The van der Waals surface area contributed by atoms with E-state index in [-0.39, 0.29) is 6.04 Å². The summed E-state index contributed by atoms with van der Waals surface area (Å²) in [5, 5.41) is 3.39. The van der Waals surface area contributed by atoms with E-state index in [4.69, 9.17) is 4.74 Å². The first-order valence-corrected chi connectivity index (χ1v) is 9.75. The van der Waals surface area contributed by atoms with Gasteiger partial charge in [-0.1, -0.05) is 0 Å². The van der Waals surface area contributed by atoms with Gasteiger partial charge in [0, 0.05) is 30.1 Å². The Labute approximate surface area is 131 Å². The molecule has 112 valence electrons. The van der Waals surface area contributed by atoms with Crippen LogP contribution in [0.4, 0.5) is 0 Å². The topological polar surface area (TPSA) is 67.4 Å². The Hall–Kier alpha value is 0.01000. The zero-order chi connectivity index (χ0) is 14.2. The van der Waals surface area contributed by atoms with Crippen molar-refractivity contribution in [2.75, 3.05) is 13.2 Å². The molecule has 0 spiro atoms. The molecule has 1 unspecified atom stereocenters. The first-order chi connectivity index (χ1) is 9.54. The van der Waals surface area contributed by atoms with Crippen LogP contribution in [0.2, 0.25) is 0 Å². The Morgan fingerprint density at radius 3 is 2.80 bits per heavy atom. The van der Waals surface area contributed by atoms with Gasteiger partial charge in [0.15, 0.2) is 0 Å². The van der Waals surface area contributed by atoms with E-state index < -0.39 is 10.0 Å². The van der Waals surface area contributed by atoms with Gasteiger partial charge in [-0.15, -0.1) is 11.3 Å². The van der Waals surface area contributed by atoms with Crippen molar-refractivity contribution >= 4 is 37.3 Å². The molecule has 2 N–H and O–H groups in total. The summed E-state index contributed by atoms with van der Waals surface area (Å²) in [7, 11) is -3.47. The highest BCUT2D eigenvalue weighted by Crippen LogP contribution is 2.32. The summed E-state index contributed by atoms with van der Waals surface area (Å²) in [6, 6.07) is 2.26. The number of nitrogens with one attached hydrogen (secondary N) is 2. The van der Waals surface area contributed by atoms with Crippen LogP contribution in [0.15, 0.2) is 14.7 Å². The van der Waals surface area contributed by atoms with Crippen molar-refractivity contribution in [2.45, 2.75) is 42.8 Å². The maximum absolute atomic E-state index is 12.4. The summed E-state index contributed by atoms with van der Waals surface area (Å²) < 4.78 is 33.3. The molecule has 0 bridgehead atoms. The molecule has 5 nitrogen and oxygen atoms in total. The molecule has 0 radical (unpaired) electrons. The van der Waals surface area contributed by atoms with Gasteiger partial charge in [0.25, 0.3) is 0 Å². The van der Waals surface area contributed by atoms with Crippen LogP contribution >= 0.6 is 27.3 Å². The van der Waals surface area contributed by atoms with Gasteiger partial charge in [0.2, 0.25) is 10.0 Å². The van der Waals surface area contributed by atoms with E-state index in [2.05, 4.69) is 26.0 Å². The maximum Gasteiger partial charge on any atom is 0.242 e. The number of hydrogen-bond acceptors (Lipinski definition) is 5. The molecule has 1 aliphatic heterocycles. The van der Waals surface area contributed by atoms with Crippen molar-refractivity contribution in [3.05, 3.63) is 14.7 Å². The lowest BCUT2D eigenvalue weighted by Crippen LogP contribution is -2.34. The Morgan fingerprint density at radius 1 is 1.35 bits per heavy atom. The zero-order valence-corrected chi connectivity index (χ0v) is 14.1. The molecule has 0 aromatic carbocycles. The second-order valence-corrected chi connectivity index (χ2v) is 9.32. The zero-order valence-electron chi connectivity index (χ0n) is 10.9. The summed E-state index contributed by atoms with van der Waals surface area (Å²) in [5.41, 5.74) is 0. The molecule has 8 heteroatoms. The van der Waals surface area contributed by atoms with E-state index in [9.17, 15) is 8.42 Å². The van der Waals surface area contributed by atoms with Crippen LogP contribution in [-0.4, -0.2) is 33.7 Å². The van der Waals surface area contributed by atoms with Crippen molar-refractivity contribution in [1.29, 1.82) is 0 Å². The predicted molar refractivity (Wildman–Crippen MR) is 81.4 cm³/mol. The first-order valence-electron chi connectivity index (χ1n) is 6.66. The van der Waals surface area contributed by atoms with Gasteiger partial charge in [-0.2, -0.15) is 0 Å². The van der Waals surface area contributed by atoms with E-state index in [0.717, 1.165) is 17.8 Å². The highest BCUT2D eigenvalue weighted by Gasteiger charge is 2.27. The van der Waals surface area contributed by atoms with Crippen molar-refractivity contribution in [3.8, 4) is 0 Å². The Balaban J connectivity index is 1.70. The molecule has 2 aliphatic rings. The molecule has 1 aromatic heterocycles. The lowest BCUT2D eigenvalue weighted by atomic mass is 10.3. The average molecular weight is 381 g/mol. The van der Waals surface area contributed by atoms with Crippen LogP contribution in [0.5, 0.6) is 0 Å². The molecule has 2 heterocycles. The average Bonchev–Trinajstić information content (AvgIpc) is 2.93. The van der Waals surface area contributed by atoms with Gasteiger partial charge < -0.3 is 10.1 Å². The quantitative estimate of drug-likeness (QED) is 0.789. The second-order valence-electron chi connectivity index (χ2n) is 5.19. The lowest BCUT2D eigenvalue weighted by molar-refractivity contribution is 0.192. The summed E-state index contributed by atoms with van der Waals surface area (Å²) in [4.78, 5) is 1.37. The van der Waals surface area contributed by atoms with Crippen LogP contribution in [0.3, 0.4) is 0 Å². The van der Waals surface area contributed by atoms with Crippen LogP contribution in [0.1, 0.15) is 24.1 Å². The molecule has 1 saturated heterocycles. The number of rotatable bonds is 6. The van der Waals surface area contributed by atoms with Crippen molar-refractivity contribution in [1.82, 2.24) is 10.0 Å². The minimum absolute atomic E-state index is 0.111. The molecule has 1 aliphatic carbocycles. The van der Waals surface area contributed by atoms with E-state index in [1.165, 1.54) is 24.2 Å². The monoisotopic (exact) mass is 380 g/mol. The van der Waals surface area contributed by atoms with E-state index >= 15 is 0 Å². The van der Waals surface area contributed by atoms with Crippen molar-refractivity contribution in [3.63, 3.8) is 0 Å². The minimum atomic E-state index is -3.47. The maximum atomic E-state index is 12.4. The fourth-order valence-corrected chi connectivity index (χ4v) is 6.00. The largest absolute Gasteiger partial charge is 0.380 e. The minimum Gasteiger partial charge on any atom is -0.380 e. The third-order valence-electron chi connectivity index (χ3n) is 3.39. The summed E-state index contributed by atoms with van der Waals surface area (Å²) in [6.45, 7) is 1.81. The molecule has 20 heavy (non-hydrogen) atoms. The van der Waals surface area contributed by atoms with E-state index in [1.807, 2.05) is 0 Å². The standard InChI is InChI=1S/C12H17BrN2O3S2/c13-12-11(5-10(19-12)6-14-8-1-2-8)20(16,17)15-9-3-4-18-7-9/h5,8-9,14-15H,1-4,6-7H2.